The second-order valence-corrected chi connectivity index (χ2v) is 5.13. The van der Waals surface area contributed by atoms with Crippen LogP contribution in [0.4, 0.5) is 0 Å². The third-order valence-corrected chi connectivity index (χ3v) is 3.29. The lowest BCUT2D eigenvalue weighted by Crippen LogP contribution is -2.49. The molecule has 19 heavy (non-hydrogen) atoms. The Morgan fingerprint density at radius 1 is 1.26 bits per heavy atom. The molecule has 0 bridgehead atoms. The van der Waals surface area contributed by atoms with Crippen LogP contribution in [0, 0.1) is 0 Å². The number of carboxylic acid groups (broad SMARTS) is 1. The standard InChI is InChI=1S/C11H23N3O4S/c1-19-7-5-9(11(16)17)13-10(15)8(14-18)4-2-3-6-12/h8-9,14,18H,2-7,12H2,1H3,(H,13,15)(H,16,17)/t8?,9-/m0/s1. The molecule has 1 unspecified atom stereocenters. The Morgan fingerprint density at radius 2 is 1.95 bits per heavy atom. The second kappa shape index (κ2) is 11.0. The van der Waals surface area contributed by atoms with Gasteiger partial charge in [-0.05, 0) is 37.8 Å². The zero-order valence-corrected chi connectivity index (χ0v) is 11.9. The number of aliphatic carboxylic acids is 1. The fourth-order valence-corrected chi connectivity index (χ4v) is 1.98. The number of thioether (sulfide) groups is 1. The highest BCUT2D eigenvalue weighted by molar-refractivity contribution is 7.98. The predicted molar refractivity (Wildman–Crippen MR) is 74.2 cm³/mol. The van der Waals surface area contributed by atoms with Crippen LogP contribution in [0.5, 0.6) is 0 Å². The lowest BCUT2D eigenvalue weighted by Gasteiger charge is -2.19. The van der Waals surface area contributed by atoms with Crippen LogP contribution in [0.15, 0.2) is 0 Å². The van der Waals surface area contributed by atoms with Gasteiger partial charge in [-0.3, -0.25) is 4.79 Å². The topological polar surface area (TPSA) is 125 Å². The molecule has 0 aliphatic rings. The smallest absolute Gasteiger partial charge is 0.326 e. The molecule has 0 aromatic rings. The second-order valence-electron chi connectivity index (χ2n) is 4.15. The molecule has 0 radical (unpaired) electrons. The maximum Gasteiger partial charge on any atom is 0.326 e. The predicted octanol–water partition coefficient (Wildman–Crippen LogP) is -0.215. The van der Waals surface area contributed by atoms with Crippen LogP contribution >= 0.6 is 11.8 Å². The van der Waals surface area contributed by atoms with Crippen molar-refractivity contribution >= 4 is 23.6 Å². The Labute approximate surface area is 117 Å². The molecule has 0 aliphatic carbocycles. The van der Waals surface area contributed by atoms with Crippen LogP contribution in [0.3, 0.4) is 0 Å². The van der Waals surface area contributed by atoms with E-state index in [0.717, 1.165) is 6.42 Å². The van der Waals surface area contributed by atoms with Gasteiger partial charge in [-0.15, -0.1) is 0 Å². The van der Waals surface area contributed by atoms with Crippen LogP contribution in [-0.2, 0) is 9.59 Å². The average Bonchev–Trinajstić information content (AvgIpc) is 2.39. The summed E-state index contributed by atoms with van der Waals surface area (Å²) < 4.78 is 0. The summed E-state index contributed by atoms with van der Waals surface area (Å²) in [6.45, 7) is 0.519. The minimum atomic E-state index is -1.07. The van der Waals surface area contributed by atoms with Crippen LogP contribution < -0.4 is 16.5 Å². The molecule has 6 N–H and O–H groups in total. The average molecular weight is 293 g/mol. The van der Waals surface area contributed by atoms with Crippen LogP contribution in [0.1, 0.15) is 25.7 Å². The highest BCUT2D eigenvalue weighted by Crippen LogP contribution is 2.04. The van der Waals surface area contributed by atoms with E-state index in [0.29, 0.717) is 31.6 Å². The summed E-state index contributed by atoms with van der Waals surface area (Å²) in [4.78, 5) is 22.8. The number of amides is 1. The van der Waals surface area contributed by atoms with Gasteiger partial charge in [-0.25, -0.2) is 4.79 Å². The quantitative estimate of drug-likeness (QED) is 0.263. The van der Waals surface area contributed by atoms with Crippen molar-refractivity contribution in [1.82, 2.24) is 10.8 Å². The van der Waals surface area contributed by atoms with E-state index in [1.54, 1.807) is 0 Å². The number of carbonyl (C=O) groups is 2. The molecule has 0 saturated carbocycles. The number of hydroxylamine groups is 1. The van der Waals surface area contributed by atoms with E-state index < -0.39 is 24.0 Å². The number of carboxylic acids is 1. The first-order chi connectivity index (χ1) is 9.06. The maximum absolute atomic E-state index is 11.8. The molecule has 0 rings (SSSR count). The molecule has 0 saturated heterocycles. The summed E-state index contributed by atoms with van der Waals surface area (Å²) in [7, 11) is 0. The molecule has 8 heteroatoms. The molecular formula is C11H23N3O4S. The van der Waals surface area contributed by atoms with Gasteiger partial charge in [0.2, 0.25) is 5.91 Å². The Bertz CT molecular complexity index is 279. The number of hydrogen-bond donors (Lipinski definition) is 5. The SMILES string of the molecule is CSCC[C@H](NC(=O)C(CCCCN)NO)C(=O)O. The number of unbranched alkanes of at least 4 members (excludes halogenated alkanes) is 1. The maximum atomic E-state index is 11.8. The lowest BCUT2D eigenvalue weighted by atomic mass is 10.1. The summed E-state index contributed by atoms with van der Waals surface area (Å²) in [5, 5.41) is 20.3. The van der Waals surface area contributed by atoms with Gasteiger partial charge in [-0.2, -0.15) is 17.2 Å². The van der Waals surface area contributed by atoms with Gasteiger partial charge < -0.3 is 21.4 Å². The van der Waals surface area contributed by atoms with Gasteiger partial charge >= 0.3 is 5.97 Å². The summed E-state index contributed by atoms with van der Waals surface area (Å²) in [6.07, 6.45) is 4.06. The molecular weight excluding hydrogens is 270 g/mol. The van der Waals surface area contributed by atoms with Crippen molar-refractivity contribution in [1.29, 1.82) is 0 Å². The van der Waals surface area contributed by atoms with Crippen molar-refractivity contribution in [2.75, 3.05) is 18.6 Å². The minimum Gasteiger partial charge on any atom is -0.480 e. The van der Waals surface area contributed by atoms with E-state index in [-0.39, 0.29) is 0 Å². The van der Waals surface area contributed by atoms with E-state index >= 15 is 0 Å². The van der Waals surface area contributed by atoms with E-state index in [4.69, 9.17) is 16.0 Å². The number of hydrogen-bond acceptors (Lipinski definition) is 6. The molecule has 1 amide bonds. The van der Waals surface area contributed by atoms with Crippen molar-refractivity contribution in [2.45, 2.75) is 37.8 Å². The van der Waals surface area contributed by atoms with Gasteiger partial charge in [0.1, 0.15) is 12.1 Å². The molecule has 0 aliphatic heterocycles. The fourth-order valence-electron chi connectivity index (χ4n) is 1.51. The molecule has 0 spiro atoms. The first-order valence-corrected chi connectivity index (χ1v) is 7.58. The van der Waals surface area contributed by atoms with Crippen molar-refractivity contribution < 1.29 is 19.9 Å². The zero-order chi connectivity index (χ0) is 14.7. The Hall–Kier alpha value is -0.830. The summed E-state index contributed by atoms with van der Waals surface area (Å²) in [6, 6.07) is -1.73. The number of nitrogens with two attached hydrogens (primary N) is 1. The molecule has 0 fully saturated rings. The summed E-state index contributed by atoms with van der Waals surface area (Å²) in [5.41, 5.74) is 7.25. The van der Waals surface area contributed by atoms with Crippen molar-refractivity contribution in [3.05, 3.63) is 0 Å². The van der Waals surface area contributed by atoms with Crippen LogP contribution in [0.2, 0.25) is 0 Å². The van der Waals surface area contributed by atoms with Crippen LogP contribution in [0.25, 0.3) is 0 Å². The van der Waals surface area contributed by atoms with E-state index in [2.05, 4.69) is 5.32 Å². The van der Waals surface area contributed by atoms with Gasteiger partial charge in [-0.1, -0.05) is 6.42 Å². The molecule has 112 valence electrons. The van der Waals surface area contributed by atoms with E-state index in [1.165, 1.54) is 11.8 Å². The Kier molecular flexibility index (Phi) is 10.6. The van der Waals surface area contributed by atoms with Gasteiger partial charge in [0, 0.05) is 0 Å². The van der Waals surface area contributed by atoms with E-state index in [1.807, 2.05) is 11.7 Å². The van der Waals surface area contributed by atoms with Crippen molar-refractivity contribution in [2.24, 2.45) is 5.73 Å². The first-order valence-electron chi connectivity index (χ1n) is 6.18. The Morgan fingerprint density at radius 3 is 2.42 bits per heavy atom. The summed E-state index contributed by atoms with van der Waals surface area (Å²) in [5.74, 6) is -0.934. The largest absolute Gasteiger partial charge is 0.480 e. The number of rotatable bonds is 11. The van der Waals surface area contributed by atoms with Gasteiger partial charge in [0.15, 0.2) is 0 Å². The third-order valence-electron chi connectivity index (χ3n) is 2.64. The van der Waals surface area contributed by atoms with Crippen molar-refractivity contribution in [3.8, 4) is 0 Å². The first kappa shape index (κ1) is 18.2. The highest BCUT2D eigenvalue weighted by Gasteiger charge is 2.24. The molecule has 7 nitrogen and oxygen atoms in total. The fraction of sp³-hybridized carbons (Fsp3) is 0.818. The van der Waals surface area contributed by atoms with E-state index in [9.17, 15) is 9.59 Å². The highest BCUT2D eigenvalue weighted by atomic mass is 32.2. The summed E-state index contributed by atoms with van der Waals surface area (Å²) >= 11 is 1.51. The molecule has 0 aromatic heterocycles. The van der Waals surface area contributed by atoms with Gasteiger partial charge in [0.05, 0.1) is 0 Å². The molecule has 2 atom stereocenters. The molecule has 0 heterocycles. The monoisotopic (exact) mass is 293 g/mol. The zero-order valence-electron chi connectivity index (χ0n) is 11.1. The van der Waals surface area contributed by atoms with Gasteiger partial charge in [0.25, 0.3) is 0 Å². The number of carbonyl (C=O) groups excluding carboxylic acids is 1. The van der Waals surface area contributed by atoms with Crippen LogP contribution in [-0.4, -0.2) is 52.8 Å². The van der Waals surface area contributed by atoms with Crippen molar-refractivity contribution in [3.63, 3.8) is 0 Å². The third kappa shape index (κ3) is 8.04. The number of nitrogens with one attached hydrogen (secondary N) is 2. The lowest BCUT2D eigenvalue weighted by molar-refractivity contribution is -0.142. The molecule has 0 aromatic carbocycles. The Balaban J connectivity index is 4.29. The normalized spacial score (nSPS) is 13.8. The minimum absolute atomic E-state index is 0.350.